The molecule has 0 spiro atoms. The molecule has 1 amide bonds. The number of carbonyl (C=O) groups excluding carboxylic acids is 1. The minimum Gasteiger partial charge on any atom is -0.478 e. The molecule has 1 aliphatic rings. The van der Waals surface area contributed by atoms with Crippen LogP contribution in [0.25, 0.3) is 11.1 Å². The number of carboxylic acids is 1. The first-order chi connectivity index (χ1) is 14.3. The van der Waals surface area contributed by atoms with Crippen LogP contribution in [-0.2, 0) is 10.2 Å². The topological polar surface area (TPSA) is 88.5 Å². The van der Waals surface area contributed by atoms with Gasteiger partial charge in [-0.2, -0.15) is 4.37 Å². The molecule has 4 rings (SSSR count). The Morgan fingerprint density at radius 2 is 1.63 bits per heavy atom. The quantitative estimate of drug-likeness (QED) is 0.580. The van der Waals surface area contributed by atoms with Gasteiger partial charge in [-0.1, -0.05) is 69.3 Å². The number of carboxylic acid groups (broad SMARTS) is 1. The summed E-state index contributed by atoms with van der Waals surface area (Å²) >= 11 is 0.952. The molecule has 154 valence electrons. The Balaban J connectivity index is 1.52. The van der Waals surface area contributed by atoms with Crippen molar-refractivity contribution in [2.45, 2.75) is 32.1 Å². The van der Waals surface area contributed by atoms with E-state index in [1.54, 1.807) is 0 Å². The van der Waals surface area contributed by atoms with Crippen molar-refractivity contribution in [1.29, 1.82) is 0 Å². The first-order valence-electron chi connectivity index (χ1n) is 9.63. The molecule has 0 saturated carbocycles. The minimum atomic E-state index is -1.12. The molecule has 0 atom stereocenters. The van der Waals surface area contributed by atoms with Gasteiger partial charge in [0.15, 0.2) is 0 Å². The van der Waals surface area contributed by atoms with Gasteiger partial charge in [-0.05, 0) is 33.8 Å². The molecule has 0 saturated heterocycles. The fraction of sp³-hybridized carbons (Fsp3) is 0.261. The molecule has 2 N–H and O–H groups in total. The predicted octanol–water partition coefficient (Wildman–Crippen LogP) is 5.50. The molecule has 0 aliphatic heterocycles. The summed E-state index contributed by atoms with van der Waals surface area (Å²) in [4.78, 5) is 24.2. The number of amides is 1. The molecular formula is C23H22N2O4S. The maximum Gasteiger partial charge on any atom is 0.412 e. The summed E-state index contributed by atoms with van der Waals surface area (Å²) in [5.74, 6) is -1.18. The number of aromatic nitrogens is 1. The molecule has 7 heteroatoms. The van der Waals surface area contributed by atoms with Crippen molar-refractivity contribution in [1.82, 2.24) is 4.37 Å². The second-order valence-corrected chi connectivity index (χ2v) is 9.01. The van der Waals surface area contributed by atoms with Crippen molar-refractivity contribution >= 4 is 28.6 Å². The van der Waals surface area contributed by atoms with E-state index in [2.05, 4.69) is 21.8 Å². The zero-order chi connectivity index (χ0) is 21.5. The van der Waals surface area contributed by atoms with Crippen LogP contribution < -0.4 is 5.32 Å². The monoisotopic (exact) mass is 422 g/mol. The van der Waals surface area contributed by atoms with Crippen LogP contribution in [0.15, 0.2) is 48.5 Å². The van der Waals surface area contributed by atoms with Crippen LogP contribution in [-0.4, -0.2) is 28.1 Å². The van der Waals surface area contributed by atoms with Crippen LogP contribution in [0.2, 0.25) is 0 Å². The number of carbonyl (C=O) groups is 2. The van der Waals surface area contributed by atoms with E-state index in [4.69, 9.17) is 4.74 Å². The smallest absolute Gasteiger partial charge is 0.412 e. The fourth-order valence-corrected chi connectivity index (χ4v) is 4.76. The highest BCUT2D eigenvalue weighted by Gasteiger charge is 2.31. The Labute approximate surface area is 178 Å². The number of benzene rings is 2. The average molecular weight is 423 g/mol. The zero-order valence-corrected chi connectivity index (χ0v) is 17.7. The molecule has 30 heavy (non-hydrogen) atoms. The zero-order valence-electron chi connectivity index (χ0n) is 16.9. The Hall–Kier alpha value is -3.19. The highest BCUT2D eigenvalue weighted by atomic mass is 32.1. The lowest BCUT2D eigenvalue weighted by atomic mass is 9.89. The van der Waals surface area contributed by atoms with Crippen molar-refractivity contribution < 1.29 is 19.4 Å². The number of fused-ring (bicyclic) bond motifs is 3. The summed E-state index contributed by atoms with van der Waals surface area (Å²) in [6, 6.07) is 16.2. The molecule has 0 bridgehead atoms. The van der Waals surface area contributed by atoms with E-state index in [1.807, 2.05) is 57.2 Å². The number of rotatable bonds is 4. The SMILES string of the molecule is CC(C)(C)c1nsc(NC(=O)OCC2c3ccccc3-c3ccccc32)c1C(=O)O. The summed E-state index contributed by atoms with van der Waals surface area (Å²) in [6.45, 7) is 5.80. The molecule has 0 fully saturated rings. The maximum absolute atomic E-state index is 12.5. The Bertz CT molecular complexity index is 1080. The summed E-state index contributed by atoms with van der Waals surface area (Å²) in [5.41, 5.74) is 4.52. The van der Waals surface area contributed by atoms with Crippen molar-refractivity contribution in [3.05, 3.63) is 70.9 Å². The largest absolute Gasteiger partial charge is 0.478 e. The van der Waals surface area contributed by atoms with E-state index in [0.29, 0.717) is 5.69 Å². The van der Waals surface area contributed by atoms with Crippen LogP contribution >= 0.6 is 11.5 Å². The van der Waals surface area contributed by atoms with Crippen molar-refractivity contribution in [3.8, 4) is 11.1 Å². The van der Waals surface area contributed by atoms with Crippen molar-refractivity contribution in [2.24, 2.45) is 0 Å². The normalized spacial score (nSPS) is 12.9. The number of anilines is 1. The third kappa shape index (κ3) is 3.57. The molecule has 1 heterocycles. The van der Waals surface area contributed by atoms with Crippen LogP contribution in [0.1, 0.15) is 53.9 Å². The first-order valence-corrected chi connectivity index (χ1v) is 10.4. The summed E-state index contributed by atoms with van der Waals surface area (Å²) in [6.07, 6.45) is -0.691. The first kappa shape index (κ1) is 20.1. The highest BCUT2D eigenvalue weighted by molar-refractivity contribution is 7.11. The third-order valence-electron chi connectivity index (χ3n) is 5.18. The maximum atomic E-state index is 12.5. The Morgan fingerprint density at radius 1 is 1.07 bits per heavy atom. The van der Waals surface area contributed by atoms with E-state index >= 15 is 0 Å². The lowest BCUT2D eigenvalue weighted by Gasteiger charge is -2.17. The summed E-state index contributed by atoms with van der Waals surface area (Å²) in [5, 5.41) is 12.4. The highest BCUT2D eigenvalue weighted by Crippen LogP contribution is 2.44. The average Bonchev–Trinajstić information content (AvgIpc) is 3.26. The second kappa shape index (κ2) is 7.57. The number of aromatic carboxylic acids is 1. The van der Waals surface area contributed by atoms with Gasteiger partial charge in [-0.25, -0.2) is 9.59 Å². The van der Waals surface area contributed by atoms with Crippen molar-refractivity contribution in [3.63, 3.8) is 0 Å². The number of nitrogens with one attached hydrogen (secondary N) is 1. The van der Waals surface area contributed by atoms with Gasteiger partial charge < -0.3 is 9.84 Å². The number of hydrogen-bond acceptors (Lipinski definition) is 5. The number of ether oxygens (including phenoxy) is 1. The van der Waals surface area contributed by atoms with Crippen LogP contribution in [0, 0.1) is 0 Å². The Morgan fingerprint density at radius 3 is 2.17 bits per heavy atom. The lowest BCUT2D eigenvalue weighted by molar-refractivity contribution is 0.0695. The van der Waals surface area contributed by atoms with Crippen molar-refractivity contribution in [2.75, 3.05) is 11.9 Å². The molecule has 0 radical (unpaired) electrons. The van der Waals surface area contributed by atoms with Crippen LogP contribution in [0.5, 0.6) is 0 Å². The fourth-order valence-electron chi connectivity index (χ4n) is 3.81. The van der Waals surface area contributed by atoms with Gasteiger partial charge >= 0.3 is 12.1 Å². The number of nitrogens with zero attached hydrogens (tertiary/aromatic N) is 1. The summed E-state index contributed by atoms with van der Waals surface area (Å²) < 4.78 is 9.76. The Kier molecular flexibility index (Phi) is 5.07. The van der Waals surface area contributed by atoms with E-state index in [9.17, 15) is 14.7 Å². The molecule has 1 aliphatic carbocycles. The van der Waals surface area contributed by atoms with E-state index in [-0.39, 0.29) is 23.1 Å². The van der Waals surface area contributed by atoms with Gasteiger partial charge in [0.25, 0.3) is 0 Å². The van der Waals surface area contributed by atoms with E-state index in [1.165, 1.54) is 0 Å². The van der Waals surface area contributed by atoms with Gasteiger partial charge in [-0.3, -0.25) is 5.32 Å². The minimum absolute atomic E-state index is 0.0148. The lowest BCUT2D eigenvalue weighted by Crippen LogP contribution is -2.20. The van der Waals surface area contributed by atoms with E-state index in [0.717, 1.165) is 33.8 Å². The molecule has 2 aromatic carbocycles. The number of hydrogen-bond donors (Lipinski definition) is 2. The molecule has 1 aromatic heterocycles. The van der Waals surface area contributed by atoms with Gasteiger partial charge in [-0.15, -0.1) is 0 Å². The van der Waals surface area contributed by atoms with Gasteiger partial charge in [0.1, 0.15) is 17.2 Å². The standard InChI is InChI=1S/C23H22N2O4S/c1-23(2,3)19-18(21(26)27)20(30-25-19)24-22(28)29-12-17-15-10-6-4-8-13(15)14-9-5-7-11-16(14)17/h4-11,17H,12H2,1-3H3,(H,24,28)(H,26,27). The predicted molar refractivity (Wildman–Crippen MR) is 116 cm³/mol. The molecule has 3 aromatic rings. The van der Waals surface area contributed by atoms with Gasteiger partial charge in [0.05, 0.1) is 5.69 Å². The van der Waals surface area contributed by atoms with Crippen LogP contribution in [0.3, 0.4) is 0 Å². The summed E-state index contributed by atoms with van der Waals surface area (Å²) in [7, 11) is 0. The van der Waals surface area contributed by atoms with E-state index < -0.39 is 17.5 Å². The second-order valence-electron chi connectivity index (χ2n) is 8.24. The molecule has 0 unspecified atom stereocenters. The van der Waals surface area contributed by atoms with Gasteiger partial charge in [0.2, 0.25) is 0 Å². The molecule has 6 nitrogen and oxygen atoms in total. The van der Waals surface area contributed by atoms with Crippen LogP contribution in [0.4, 0.5) is 9.80 Å². The third-order valence-corrected chi connectivity index (χ3v) is 5.94. The molecular weight excluding hydrogens is 400 g/mol. The van der Waals surface area contributed by atoms with Gasteiger partial charge in [0, 0.05) is 11.3 Å².